The summed E-state index contributed by atoms with van der Waals surface area (Å²) in [6, 6.07) is 0.843. The maximum Gasteiger partial charge on any atom is 0.00978 e. The molecule has 0 radical (unpaired) electrons. The molecule has 100 valence electrons. The minimum atomic E-state index is 0.843. The van der Waals surface area contributed by atoms with Gasteiger partial charge in [-0.2, -0.15) is 0 Å². The largest absolute Gasteiger partial charge is 0.314 e. The van der Waals surface area contributed by atoms with E-state index in [0.29, 0.717) is 0 Å². The van der Waals surface area contributed by atoms with Crippen LogP contribution in [0.1, 0.15) is 71.6 Å². The van der Waals surface area contributed by atoms with Gasteiger partial charge in [0.1, 0.15) is 0 Å². The van der Waals surface area contributed by atoms with Crippen molar-refractivity contribution >= 4 is 0 Å². The molecule has 0 aliphatic heterocycles. The summed E-state index contributed by atoms with van der Waals surface area (Å²) in [5, 5.41) is 3.77. The first-order chi connectivity index (χ1) is 8.33. The number of hydrogen-bond acceptors (Lipinski definition) is 1. The zero-order valence-electron chi connectivity index (χ0n) is 11.9. The lowest BCUT2D eigenvalue weighted by atomic mass is 9.76. The molecule has 1 N–H and O–H groups in total. The number of rotatable bonds is 7. The minimum absolute atomic E-state index is 0.843. The zero-order valence-corrected chi connectivity index (χ0v) is 11.9. The standard InChI is InChI=1S/C16H31N/c1-3-5-13-8-10-15(11-9-13)16(17-4-2)12-14-6-7-14/h13-17H,3-12H2,1-2H3. The van der Waals surface area contributed by atoms with Gasteiger partial charge in [0.15, 0.2) is 0 Å². The molecule has 0 saturated heterocycles. The van der Waals surface area contributed by atoms with Gasteiger partial charge in [-0.15, -0.1) is 0 Å². The highest BCUT2D eigenvalue weighted by Crippen LogP contribution is 2.39. The fraction of sp³-hybridized carbons (Fsp3) is 1.00. The molecule has 2 aliphatic rings. The topological polar surface area (TPSA) is 12.0 Å². The summed E-state index contributed by atoms with van der Waals surface area (Å²) in [5.41, 5.74) is 0. The SMILES string of the molecule is CCCC1CCC(C(CC2CC2)NCC)CC1. The lowest BCUT2D eigenvalue weighted by Crippen LogP contribution is -2.38. The molecule has 1 heteroatoms. The van der Waals surface area contributed by atoms with Crippen LogP contribution in [0.3, 0.4) is 0 Å². The van der Waals surface area contributed by atoms with Gasteiger partial charge in [-0.3, -0.25) is 0 Å². The van der Waals surface area contributed by atoms with Gasteiger partial charge < -0.3 is 5.32 Å². The van der Waals surface area contributed by atoms with Crippen molar-refractivity contribution < 1.29 is 0 Å². The second-order valence-corrected chi connectivity index (χ2v) is 6.41. The fourth-order valence-electron chi connectivity index (χ4n) is 3.70. The molecule has 1 atom stereocenters. The van der Waals surface area contributed by atoms with Crippen LogP contribution < -0.4 is 5.32 Å². The van der Waals surface area contributed by atoms with Crippen molar-refractivity contribution in [3.05, 3.63) is 0 Å². The van der Waals surface area contributed by atoms with E-state index in [1.807, 2.05) is 0 Å². The molecular formula is C16H31N. The smallest absolute Gasteiger partial charge is 0.00978 e. The Labute approximate surface area is 108 Å². The van der Waals surface area contributed by atoms with Crippen LogP contribution in [0.5, 0.6) is 0 Å². The first-order valence-electron chi connectivity index (χ1n) is 8.06. The average molecular weight is 237 g/mol. The Balaban J connectivity index is 1.75. The maximum atomic E-state index is 3.77. The van der Waals surface area contributed by atoms with Crippen molar-refractivity contribution in [1.29, 1.82) is 0 Å². The second-order valence-electron chi connectivity index (χ2n) is 6.41. The number of nitrogens with one attached hydrogen (secondary N) is 1. The van der Waals surface area contributed by atoms with Crippen LogP contribution in [0.25, 0.3) is 0 Å². The van der Waals surface area contributed by atoms with Gasteiger partial charge in [0.05, 0.1) is 0 Å². The van der Waals surface area contributed by atoms with Crippen LogP contribution in [0, 0.1) is 17.8 Å². The molecule has 17 heavy (non-hydrogen) atoms. The van der Waals surface area contributed by atoms with Crippen molar-refractivity contribution in [3.63, 3.8) is 0 Å². The molecular weight excluding hydrogens is 206 g/mol. The van der Waals surface area contributed by atoms with Gasteiger partial charge in [-0.25, -0.2) is 0 Å². The van der Waals surface area contributed by atoms with E-state index in [1.165, 1.54) is 57.8 Å². The highest BCUT2D eigenvalue weighted by molar-refractivity contribution is 4.86. The van der Waals surface area contributed by atoms with E-state index in [9.17, 15) is 0 Å². The quantitative estimate of drug-likeness (QED) is 0.693. The Bertz CT molecular complexity index is 202. The molecule has 2 aliphatic carbocycles. The van der Waals surface area contributed by atoms with Gasteiger partial charge in [-0.1, -0.05) is 52.4 Å². The van der Waals surface area contributed by atoms with Gasteiger partial charge in [0.25, 0.3) is 0 Å². The summed E-state index contributed by atoms with van der Waals surface area (Å²) in [7, 11) is 0. The molecule has 0 aromatic rings. The van der Waals surface area contributed by atoms with E-state index in [0.717, 1.165) is 30.3 Å². The molecule has 0 aromatic carbocycles. The van der Waals surface area contributed by atoms with Crippen molar-refractivity contribution in [2.24, 2.45) is 17.8 Å². The van der Waals surface area contributed by atoms with Crippen molar-refractivity contribution in [3.8, 4) is 0 Å². The molecule has 2 saturated carbocycles. The van der Waals surface area contributed by atoms with Crippen LogP contribution in [-0.4, -0.2) is 12.6 Å². The molecule has 2 rings (SSSR count). The monoisotopic (exact) mass is 237 g/mol. The lowest BCUT2D eigenvalue weighted by Gasteiger charge is -2.34. The van der Waals surface area contributed by atoms with Crippen LogP contribution in [-0.2, 0) is 0 Å². The molecule has 0 spiro atoms. The summed E-state index contributed by atoms with van der Waals surface area (Å²) in [4.78, 5) is 0. The summed E-state index contributed by atoms with van der Waals surface area (Å²) in [6.07, 6.45) is 13.3. The van der Waals surface area contributed by atoms with E-state index >= 15 is 0 Å². The Morgan fingerprint density at radius 3 is 2.12 bits per heavy atom. The second kappa shape index (κ2) is 6.78. The van der Waals surface area contributed by atoms with E-state index in [2.05, 4.69) is 19.2 Å². The molecule has 1 unspecified atom stereocenters. The zero-order chi connectivity index (χ0) is 12.1. The summed E-state index contributed by atoms with van der Waals surface area (Å²) >= 11 is 0. The Kier molecular flexibility index (Phi) is 5.34. The molecule has 0 bridgehead atoms. The normalized spacial score (nSPS) is 31.4. The molecule has 2 fully saturated rings. The minimum Gasteiger partial charge on any atom is -0.314 e. The Hall–Kier alpha value is -0.0400. The van der Waals surface area contributed by atoms with Crippen LogP contribution in [0.4, 0.5) is 0 Å². The summed E-state index contributed by atoms with van der Waals surface area (Å²) < 4.78 is 0. The molecule has 1 nitrogen and oxygen atoms in total. The van der Waals surface area contributed by atoms with Gasteiger partial charge >= 0.3 is 0 Å². The fourth-order valence-corrected chi connectivity index (χ4v) is 3.70. The molecule has 0 heterocycles. The van der Waals surface area contributed by atoms with E-state index < -0.39 is 0 Å². The van der Waals surface area contributed by atoms with Crippen molar-refractivity contribution in [2.75, 3.05) is 6.54 Å². The first kappa shape index (κ1) is 13.4. The van der Waals surface area contributed by atoms with Gasteiger partial charge in [-0.05, 0) is 43.6 Å². The predicted octanol–water partition coefficient (Wildman–Crippen LogP) is 4.37. The summed E-state index contributed by atoms with van der Waals surface area (Å²) in [5.74, 6) is 3.12. The van der Waals surface area contributed by atoms with E-state index in [1.54, 1.807) is 0 Å². The lowest BCUT2D eigenvalue weighted by molar-refractivity contribution is 0.204. The Morgan fingerprint density at radius 1 is 0.941 bits per heavy atom. The van der Waals surface area contributed by atoms with Crippen LogP contribution in [0.2, 0.25) is 0 Å². The first-order valence-corrected chi connectivity index (χ1v) is 8.06. The van der Waals surface area contributed by atoms with Gasteiger partial charge in [0.2, 0.25) is 0 Å². The number of hydrogen-bond donors (Lipinski definition) is 1. The third kappa shape index (κ3) is 4.28. The third-order valence-corrected chi connectivity index (χ3v) is 4.91. The van der Waals surface area contributed by atoms with E-state index in [-0.39, 0.29) is 0 Å². The Morgan fingerprint density at radius 2 is 1.59 bits per heavy atom. The highest BCUT2D eigenvalue weighted by Gasteiger charge is 2.31. The molecule has 0 aromatic heterocycles. The third-order valence-electron chi connectivity index (χ3n) is 4.91. The van der Waals surface area contributed by atoms with Crippen LogP contribution in [0.15, 0.2) is 0 Å². The van der Waals surface area contributed by atoms with Crippen molar-refractivity contribution in [2.45, 2.75) is 77.7 Å². The van der Waals surface area contributed by atoms with Gasteiger partial charge in [0, 0.05) is 6.04 Å². The highest BCUT2D eigenvalue weighted by atomic mass is 14.9. The van der Waals surface area contributed by atoms with E-state index in [4.69, 9.17) is 0 Å². The van der Waals surface area contributed by atoms with Crippen LogP contribution >= 0.6 is 0 Å². The van der Waals surface area contributed by atoms with Crippen molar-refractivity contribution in [1.82, 2.24) is 5.32 Å². The average Bonchev–Trinajstić information content (AvgIpc) is 3.14. The summed E-state index contributed by atoms with van der Waals surface area (Å²) in [6.45, 7) is 5.76. The predicted molar refractivity (Wildman–Crippen MR) is 75.2 cm³/mol. The molecule has 0 amide bonds. The maximum absolute atomic E-state index is 3.77.